The molecule has 0 N–H and O–H groups in total. The number of nitrogens with zero attached hydrogens (tertiary/aromatic N) is 1. The lowest BCUT2D eigenvalue weighted by atomic mass is 9.72. The lowest BCUT2D eigenvalue weighted by Crippen LogP contribution is -2.31. The van der Waals surface area contributed by atoms with E-state index in [0.29, 0.717) is 0 Å². The van der Waals surface area contributed by atoms with Crippen molar-refractivity contribution in [1.82, 2.24) is 0 Å². The van der Waals surface area contributed by atoms with Gasteiger partial charge in [-0.3, -0.25) is 4.99 Å². The van der Waals surface area contributed by atoms with E-state index in [1.807, 2.05) is 6.07 Å². The van der Waals surface area contributed by atoms with Gasteiger partial charge in [0.1, 0.15) is 5.75 Å². The number of rotatable bonds is 4. The second kappa shape index (κ2) is 4.91. The summed E-state index contributed by atoms with van der Waals surface area (Å²) in [7, 11) is 1.72. The predicted octanol–water partition coefficient (Wildman–Crippen LogP) is 3.60. The summed E-state index contributed by atoms with van der Waals surface area (Å²) in [5.74, 6) is 0.942. The molecular formula is C15H21NO. The van der Waals surface area contributed by atoms with Crippen LogP contribution in [-0.2, 0) is 5.41 Å². The molecule has 1 atom stereocenters. The van der Waals surface area contributed by atoms with E-state index in [9.17, 15) is 0 Å². The molecule has 0 radical (unpaired) electrons. The third kappa shape index (κ3) is 2.08. The molecule has 0 spiro atoms. The van der Waals surface area contributed by atoms with Crippen LogP contribution in [0.2, 0.25) is 0 Å². The van der Waals surface area contributed by atoms with Crippen molar-refractivity contribution in [2.75, 3.05) is 13.7 Å². The van der Waals surface area contributed by atoms with Gasteiger partial charge in [-0.2, -0.15) is 0 Å². The highest BCUT2D eigenvalue weighted by Gasteiger charge is 2.37. The highest BCUT2D eigenvalue weighted by atomic mass is 16.5. The molecule has 1 aliphatic heterocycles. The lowest BCUT2D eigenvalue weighted by Gasteiger charge is -2.30. The molecule has 1 unspecified atom stereocenters. The summed E-state index contributed by atoms with van der Waals surface area (Å²) in [6.07, 6.45) is 3.50. The van der Waals surface area contributed by atoms with E-state index in [4.69, 9.17) is 4.74 Å². The molecule has 17 heavy (non-hydrogen) atoms. The van der Waals surface area contributed by atoms with Gasteiger partial charge in [0.15, 0.2) is 0 Å². The van der Waals surface area contributed by atoms with Gasteiger partial charge in [0, 0.05) is 17.7 Å². The molecule has 0 aliphatic carbocycles. The van der Waals surface area contributed by atoms with Gasteiger partial charge in [0.2, 0.25) is 0 Å². The molecule has 0 bridgehead atoms. The maximum Gasteiger partial charge on any atom is 0.119 e. The molecule has 1 aromatic rings. The molecule has 1 heterocycles. The average molecular weight is 231 g/mol. The second-order valence-electron chi connectivity index (χ2n) is 4.78. The fourth-order valence-corrected chi connectivity index (χ4v) is 2.90. The smallest absolute Gasteiger partial charge is 0.119 e. The molecule has 1 aliphatic rings. The van der Waals surface area contributed by atoms with E-state index in [0.717, 1.165) is 18.7 Å². The summed E-state index contributed by atoms with van der Waals surface area (Å²) in [5.41, 5.74) is 2.80. The normalized spacial score (nSPS) is 23.6. The zero-order valence-electron chi connectivity index (χ0n) is 11.0. The Kier molecular flexibility index (Phi) is 3.51. The van der Waals surface area contributed by atoms with Gasteiger partial charge in [-0.05, 0) is 37.5 Å². The Hall–Kier alpha value is -1.31. The van der Waals surface area contributed by atoms with E-state index < -0.39 is 0 Å². The molecule has 0 saturated heterocycles. The van der Waals surface area contributed by atoms with Crippen LogP contribution in [0.25, 0.3) is 0 Å². The predicted molar refractivity (Wildman–Crippen MR) is 72.2 cm³/mol. The quantitative estimate of drug-likeness (QED) is 0.776. The fourth-order valence-electron chi connectivity index (χ4n) is 2.90. The van der Waals surface area contributed by atoms with Gasteiger partial charge in [-0.1, -0.05) is 25.5 Å². The first-order valence-electron chi connectivity index (χ1n) is 6.39. The minimum absolute atomic E-state index is 0.156. The van der Waals surface area contributed by atoms with Crippen LogP contribution in [-0.4, -0.2) is 19.4 Å². The van der Waals surface area contributed by atoms with Crippen molar-refractivity contribution in [2.24, 2.45) is 4.99 Å². The van der Waals surface area contributed by atoms with Crippen LogP contribution in [0, 0.1) is 0 Å². The first-order chi connectivity index (χ1) is 8.23. The summed E-state index contributed by atoms with van der Waals surface area (Å²) >= 11 is 0. The van der Waals surface area contributed by atoms with Crippen LogP contribution >= 0.6 is 0 Å². The summed E-state index contributed by atoms with van der Waals surface area (Å²) in [4.78, 5) is 4.62. The largest absolute Gasteiger partial charge is 0.497 e. The molecular weight excluding hydrogens is 210 g/mol. The second-order valence-corrected chi connectivity index (χ2v) is 4.78. The molecule has 92 valence electrons. The van der Waals surface area contributed by atoms with Gasteiger partial charge in [0.25, 0.3) is 0 Å². The van der Waals surface area contributed by atoms with Gasteiger partial charge in [0.05, 0.1) is 7.11 Å². The van der Waals surface area contributed by atoms with Crippen LogP contribution in [0.3, 0.4) is 0 Å². The van der Waals surface area contributed by atoms with Crippen molar-refractivity contribution in [3.63, 3.8) is 0 Å². The molecule has 2 rings (SSSR count). The SMILES string of the molecule is CCCC1(c2cccc(OC)c2)CCN=C1C. The number of ether oxygens (including phenoxy) is 1. The molecule has 0 aromatic heterocycles. The Morgan fingerprint density at radius 3 is 2.82 bits per heavy atom. The minimum atomic E-state index is 0.156. The van der Waals surface area contributed by atoms with Crippen molar-refractivity contribution in [2.45, 2.75) is 38.5 Å². The zero-order valence-corrected chi connectivity index (χ0v) is 11.0. The highest BCUT2D eigenvalue weighted by molar-refractivity contribution is 5.94. The van der Waals surface area contributed by atoms with E-state index in [1.54, 1.807) is 7.11 Å². The number of methoxy groups -OCH3 is 1. The molecule has 0 saturated carbocycles. The van der Waals surface area contributed by atoms with Gasteiger partial charge >= 0.3 is 0 Å². The molecule has 2 nitrogen and oxygen atoms in total. The lowest BCUT2D eigenvalue weighted by molar-refractivity contribution is 0.412. The van der Waals surface area contributed by atoms with Crippen molar-refractivity contribution in [3.8, 4) is 5.75 Å². The van der Waals surface area contributed by atoms with E-state index >= 15 is 0 Å². The summed E-state index contributed by atoms with van der Waals surface area (Å²) in [5, 5.41) is 0. The summed E-state index contributed by atoms with van der Waals surface area (Å²) < 4.78 is 5.33. The topological polar surface area (TPSA) is 21.6 Å². The number of hydrogen-bond donors (Lipinski definition) is 0. The summed E-state index contributed by atoms with van der Waals surface area (Å²) in [6.45, 7) is 5.37. The van der Waals surface area contributed by atoms with Crippen molar-refractivity contribution in [3.05, 3.63) is 29.8 Å². The number of hydrogen-bond acceptors (Lipinski definition) is 2. The Bertz CT molecular complexity index is 425. The Morgan fingerprint density at radius 2 is 2.24 bits per heavy atom. The van der Waals surface area contributed by atoms with Gasteiger partial charge in [-0.25, -0.2) is 0 Å². The Balaban J connectivity index is 2.42. The van der Waals surface area contributed by atoms with Crippen LogP contribution in [0.15, 0.2) is 29.3 Å². The van der Waals surface area contributed by atoms with Gasteiger partial charge in [-0.15, -0.1) is 0 Å². The molecule has 1 aromatic carbocycles. The summed E-state index contributed by atoms with van der Waals surface area (Å²) in [6, 6.07) is 8.46. The molecule has 2 heteroatoms. The number of aliphatic imine (C=N–C) groups is 1. The standard InChI is InChI=1S/C15H21NO/c1-4-8-15(9-10-16-12(15)2)13-6-5-7-14(11-13)17-3/h5-7,11H,4,8-10H2,1-3H3. The van der Waals surface area contributed by atoms with Crippen LogP contribution in [0.1, 0.15) is 38.7 Å². The number of benzene rings is 1. The Labute approximate surface area is 104 Å². The van der Waals surface area contributed by atoms with Crippen molar-refractivity contribution in [1.29, 1.82) is 0 Å². The van der Waals surface area contributed by atoms with Gasteiger partial charge < -0.3 is 4.74 Å². The minimum Gasteiger partial charge on any atom is -0.497 e. The molecule has 0 fully saturated rings. The highest BCUT2D eigenvalue weighted by Crippen LogP contribution is 2.39. The maximum atomic E-state index is 5.33. The van der Waals surface area contributed by atoms with Crippen LogP contribution in [0.5, 0.6) is 5.75 Å². The zero-order chi connectivity index (χ0) is 12.3. The third-order valence-electron chi connectivity index (χ3n) is 3.88. The Morgan fingerprint density at radius 1 is 1.41 bits per heavy atom. The maximum absolute atomic E-state index is 5.33. The van der Waals surface area contributed by atoms with E-state index in [-0.39, 0.29) is 5.41 Å². The van der Waals surface area contributed by atoms with Crippen molar-refractivity contribution >= 4 is 5.71 Å². The van der Waals surface area contributed by atoms with Crippen LogP contribution in [0.4, 0.5) is 0 Å². The van der Waals surface area contributed by atoms with Crippen molar-refractivity contribution < 1.29 is 4.74 Å². The van der Waals surface area contributed by atoms with E-state index in [2.05, 4.69) is 37.0 Å². The first-order valence-corrected chi connectivity index (χ1v) is 6.39. The third-order valence-corrected chi connectivity index (χ3v) is 3.88. The monoisotopic (exact) mass is 231 g/mol. The van der Waals surface area contributed by atoms with E-state index in [1.165, 1.54) is 24.1 Å². The average Bonchev–Trinajstić information content (AvgIpc) is 2.73. The molecule has 0 amide bonds. The van der Waals surface area contributed by atoms with Crippen LogP contribution < -0.4 is 4.74 Å². The first kappa shape index (κ1) is 12.2. The fraction of sp³-hybridized carbons (Fsp3) is 0.533.